The van der Waals surface area contributed by atoms with Crippen molar-refractivity contribution in [3.8, 4) is 5.75 Å². The van der Waals surface area contributed by atoms with Crippen LogP contribution in [-0.4, -0.2) is 39.3 Å². The Bertz CT molecular complexity index is 1410. The summed E-state index contributed by atoms with van der Waals surface area (Å²) in [6.45, 7) is 3.52. The van der Waals surface area contributed by atoms with Gasteiger partial charge in [0.15, 0.2) is 17.5 Å². The van der Waals surface area contributed by atoms with Crippen LogP contribution in [0.5, 0.6) is 5.75 Å². The first-order valence-electron chi connectivity index (χ1n) is 11.5. The Morgan fingerprint density at radius 1 is 0.897 bits per heavy atom. The molecule has 0 atom stereocenters. The van der Waals surface area contributed by atoms with Crippen molar-refractivity contribution in [1.82, 2.24) is 0 Å². The smallest absolute Gasteiger partial charge is 0.349 e. The highest BCUT2D eigenvalue weighted by atomic mass is 32.1. The first-order valence-corrected chi connectivity index (χ1v) is 12.3. The fraction of sp³-hybridized carbons (Fsp3) is 0.269. The highest BCUT2D eigenvalue weighted by molar-refractivity contribution is 7.13. The number of ether oxygens (including phenoxy) is 3. The number of urea groups is 1. The molecule has 0 unspecified atom stereocenters. The minimum atomic E-state index is -1.00. The van der Waals surface area contributed by atoms with E-state index in [1.807, 2.05) is 13.8 Å². The molecule has 0 saturated heterocycles. The van der Waals surface area contributed by atoms with Crippen LogP contribution in [0.15, 0.2) is 29.6 Å². The summed E-state index contributed by atoms with van der Waals surface area (Å²) in [5.41, 5.74) is 0.301. The van der Waals surface area contributed by atoms with Crippen molar-refractivity contribution in [1.29, 1.82) is 0 Å². The molecule has 0 aliphatic carbocycles. The second-order valence-corrected chi connectivity index (χ2v) is 9.27. The Hall–Kier alpha value is -4.26. The molecule has 3 N–H and O–H groups in total. The zero-order valence-corrected chi connectivity index (χ0v) is 22.5. The van der Waals surface area contributed by atoms with Gasteiger partial charge >= 0.3 is 18.0 Å². The number of thiophene rings is 1. The molecule has 39 heavy (non-hydrogen) atoms. The van der Waals surface area contributed by atoms with Crippen LogP contribution in [0.1, 0.15) is 50.9 Å². The van der Waals surface area contributed by atoms with Gasteiger partial charge in [-0.05, 0) is 23.6 Å². The number of hydrogen-bond acceptors (Lipinski definition) is 8. The Morgan fingerprint density at radius 3 is 2.18 bits per heavy atom. The van der Waals surface area contributed by atoms with Crippen molar-refractivity contribution in [3.05, 3.63) is 68.7 Å². The number of esters is 2. The number of methoxy groups -OCH3 is 3. The van der Waals surface area contributed by atoms with Crippen molar-refractivity contribution in [2.75, 3.05) is 37.3 Å². The lowest BCUT2D eigenvalue weighted by Crippen LogP contribution is -2.22. The normalized spacial score (nSPS) is 10.7. The summed E-state index contributed by atoms with van der Waals surface area (Å²) in [4.78, 5) is 36.8. The van der Waals surface area contributed by atoms with Gasteiger partial charge in [-0.2, -0.15) is 0 Å². The number of carbonyl (C=O) groups is 3. The van der Waals surface area contributed by atoms with E-state index in [1.54, 1.807) is 0 Å². The lowest BCUT2D eigenvalue weighted by atomic mass is 9.96. The minimum absolute atomic E-state index is 0.0508. The van der Waals surface area contributed by atoms with Gasteiger partial charge in [0.25, 0.3) is 0 Å². The molecule has 9 nitrogen and oxygen atoms in total. The van der Waals surface area contributed by atoms with E-state index in [0.717, 1.165) is 37.7 Å². The standard InChI is InChI=1S/C26H26F3N3O6S/c1-12(2)13-6-7-15(27)22(29)14(13)10-30-18-9-17(16(28)8-20(18)36-3)31-26(35)32-19-11-39-23(25(34)38-5)21(19)24(33)37-4/h6-9,11-12,30H,10H2,1-5H3,(H2,31,32,35). The summed E-state index contributed by atoms with van der Waals surface area (Å²) < 4.78 is 57.8. The molecule has 0 spiro atoms. The molecule has 1 heterocycles. The average molecular weight is 566 g/mol. The number of anilines is 3. The lowest BCUT2D eigenvalue weighted by molar-refractivity contribution is 0.0561. The SMILES string of the molecule is COC(=O)c1scc(NC(=O)Nc2cc(NCc3c(C(C)C)ccc(F)c3F)c(OC)cc2F)c1C(=O)OC. The van der Waals surface area contributed by atoms with Crippen molar-refractivity contribution in [3.63, 3.8) is 0 Å². The Balaban J connectivity index is 1.86. The molecule has 2 aromatic carbocycles. The van der Waals surface area contributed by atoms with Crippen molar-refractivity contribution < 1.29 is 41.8 Å². The Labute approximate surface area is 226 Å². The van der Waals surface area contributed by atoms with E-state index in [2.05, 4.69) is 25.4 Å². The molecule has 0 aliphatic heterocycles. The predicted molar refractivity (Wildman–Crippen MR) is 140 cm³/mol. The second-order valence-electron chi connectivity index (χ2n) is 8.39. The monoisotopic (exact) mass is 565 g/mol. The number of rotatable bonds is 9. The van der Waals surface area contributed by atoms with Crippen LogP contribution in [0, 0.1) is 17.5 Å². The van der Waals surface area contributed by atoms with Gasteiger partial charge in [-0.25, -0.2) is 27.6 Å². The van der Waals surface area contributed by atoms with Crippen LogP contribution in [-0.2, 0) is 16.0 Å². The number of halogens is 3. The molecular formula is C26H26F3N3O6S. The molecule has 2 amide bonds. The third-order valence-electron chi connectivity index (χ3n) is 5.65. The van der Waals surface area contributed by atoms with Crippen LogP contribution in [0.2, 0.25) is 0 Å². The number of carbonyl (C=O) groups excluding carboxylic acids is 3. The van der Waals surface area contributed by atoms with Gasteiger partial charge < -0.3 is 30.2 Å². The first kappa shape index (κ1) is 29.3. The molecule has 0 radical (unpaired) electrons. The number of amides is 2. The Kier molecular flexibility index (Phi) is 9.41. The van der Waals surface area contributed by atoms with Crippen molar-refractivity contribution in [2.45, 2.75) is 26.3 Å². The zero-order valence-electron chi connectivity index (χ0n) is 21.7. The van der Waals surface area contributed by atoms with E-state index in [4.69, 9.17) is 4.74 Å². The maximum absolute atomic E-state index is 14.8. The average Bonchev–Trinajstić information content (AvgIpc) is 3.32. The molecule has 0 saturated carbocycles. The molecule has 0 aliphatic rings. The molecule has 0 fully saturated rings. The minimum Gasteiger partial charge on any atom is -0.494 e. The fourth-order valence-corrected chi connectivity index (χ4v) is 4.65. The maximum Gasteiger partial charge on any atom is 0.349 e. The highest BCUT2D eigenvalue weighted by Crippen LogP contribution is 2.33. The summed E-state index contributed by atoms with van der Waals surface area (Å²) in [5.74, 6) is -4.61. The van der Waals surface area contributed by atoms with Gasteiger partial charge in [0.05, 0.1) is 38.4 Å². The van der Waals surface area contributed by atoms with E-state index < -0.39 is 35.4 Å². The molecular weight excluding hydrogens is 539 g/mol. The number of hydrogen-bond donors (Lipinski definition) is 3. The summed E-state index contributed by atoms with van der Waals surface area (Å²) >= 11 is 0.845. The summed E-state index contributed by atoms with van der Waals surface area (Å²) in [7, 11) is 3.53. The highest BCUT2D eigenvalue weighted by Gasteiger charge is 2.26. The van der Waals surface area contributed by atoms with Gasteiger partial charge in [0.2, 0.25) is 0 Å². The third kappa shape index (κ3) is 6.42. The van der Waals surface area contributed by atoms with Crippen LogP contribution in [0.25, 0.3) is 0 Å². The van der Waals surface area contributed by atoms with Crippen molar-refractivity contribution in [2.24, 2.45) is 0 Å². The summed E-state index contributed by atoms with van der Waals surface area (Å²) in [5, 5.41) is 8.94. The summed E-state index contributed by atoms with van der Waals surface area (Å²) in [6.07, 6.45) is 0. The van der Waals surface area contributed by atoms with E-state index in [9.17, 15) is 27.6 Å². The van der Waals surface area contributed by atoms with Crippen LogP contribution in [0.3, 0.4) is 0 Å². The topological polar surface area (TPSA) is 115 Å². The summed E-state index contributed by atoms with van der Waals surface area (Å²) in [6, 6.07) is 3.83. The lowest BCUT2D eigenvalue weighted by Gasteiger charge is -2.18. The molecule has 1 aromatic heterocycles. The molecule has 208 valence electrons. The largest absolute Gasteiger partial charge is 0.494 e. The van der Waals surface area contributed by atoms with Gasteiger partial charge in [0, 0.05) is 23.6 Å². The fourth-order valence-electron chi connectivity index (χ4n) is 3.74. The van der Waals surface area contributed by atoms with Gasteiger partial charge in [0.1, 0.15) is 16.2 Å². The van der Waals surface area contributed by atoms with E-state index >= 15 is 0 Å². The van der Waals surface area contributed by atoms with E-state index in [1.165, 1.54) is 24.6 Å². The van der Waals surface area contributed by atoms with Gasteiger partial charge in [-0.15, -0.1) is 11.3 Å². The van der Waals surface area contributed by atoms with Gasteiger partial charge in [-0.1, -0.05) is 19.9 Å². The number of nitrogens with one attached hydrogen (secondary N) is 3. The van der Waals surface area contributed by atoms with Crippen LogP contribution < -0.4 is 20.7 Å². The van der Waals surface area contributed by atoms with Gasteiger partial charge in [-0.3, -0.25) is 0 Å². The van der Waals surface area contributed by atoms with Crippen LogP contribution >= 0.6 is 11.3 Å². The third-order valence-corrected chi connectivity index (χ3v) is 6.61. The quantitative estimate of drug-likeness (QED) is 0.268. The molecule has 3 aromatic rings. The van der Waals surface area contributed by atoms with E-state index in [0.29, 0.717) is 5.56 Å². The number of benzene rings is 2. The molecule has 13 heteroatoms. The van der Waals surface area contributed by atoms with Crippen molar-refractivity contribution >= 4 is 46.4 Å². The predicted octanol–water partition coefficient (Wildman–Crippen LogP) is 6.13. The molecule has 3 rings (SSSR count). The van der Waals surface area contributed by atoms with E-state index in [-0.39, 0.29) is 51.3 Å². The molecule has 0 bridgehead atoms. The first-order chi connectivity index (χ1) is 18.5. The maximum atomic E-state index is 14.8. The van der Waals surface area contributed by atoms with Crippen LogP contribution in [0.4, 0.5) is 35.0 Å². The second kappa shape index (κ2) is 12.5. The zero-order chi connectivity index (χ0) is 28.9. The Morgan fingerprint density at radius 2 is 1.56 bits per heavy atom.